The lowest BCUT2D eigenvalue weighted by atomic mass is 10.2. The quantitative estimate of drug-likeness (QED) is 0.761. The van der Waals surface area contributed by atoms with Gasteiger partial charge >= 0.3 is 0 Å². The zero-order chi connectivity index (χ0) is 17.0. The van der Waals surface area contributed by atoms with Crippen LogP contribution < -0.4 is 14.4 Å². The Morgan fingerprint density at radius 2 is 1.61 bits per heavy atom. The van der Waals surface area contributed by atoms with Gasteiger partial charge in [-0.05, 0) is 0 Å². The van der Waals surface area contributed by atoms with E-state index >= 15 is 0 Å². The Kier molecular flexibility index (Phi) is 5.17. The molecule has 0 bridgehead atoms. The number of rotatable bonds is 5. The molecule has 8 heteroatoms. The molecule has 0 aliphatic carbocycles. The van der Waals surface area contributed by atoms with Crippen LogP contribution in [0.5, 0.6) is 11.5 Å². The minimum absolute atomic E-state index is 0.232. The van der Waals surface area contributed by atoms with Crippen LogP contribution in [0, 0.1) is 0 Å². The molecule has 1 saturated heterocycles. The lowest BCUT2D eigenvalue weighted by Gasteiger charge is -2.32. The van der Waals surface area contributed by atoms with Crippen molar-refractivity contribution >= 4 is 23.4 Å². The van der Waals surface area contributed by atoms with Crippen LogP contribution in [0.25, 0.3) is 0 Å². The van der Waals surface area contributed by atoms with E-state index in [0.717, 1.165) is 4.90 Å². The molecular weight excluding hydrogens is 304 g/mol. The van der Waals surface area contributed by atoms with Crippen LogP contribution in [-0.2, 0) is 19.1 Å². The van der Waals surface area contributed by atoms with Crippen molar-refractivity contribution in [1.82, 2.24) is 4.90 Å². The molecule has 2 rings (SSSR count). The number of amides is 3. The van der Waals surface area contributed by atoms with Crippen LogP contribution in [0.15, 0.2) is 18.2 Å². The molecule has 0 unspecified atom stereocenters. The molecule has 1 heterocycles. The molecule has 0 atom stereocenters. The van der Waals surface area contributed by atoms with Crippen LogP contribution >= 0.6 is 0 Å². The second-order valence-corrected chi connectivity index (χ2v) is 4.86. The number of nitrogens with zero attached hydrogens (tertiary/aromatic N) is 2. The van der Waals surface area contributed by atoms with E-state index in [2.05, 4.69) is 0 Å². The molecule has 1 aromatic carbocycles. The van der Waals surface area contributed by atoms with Crippen molar-refractivity contribution in [2.75, 3.05) is 45.9 Å². The topological polar surface area (TPSA) is 85.4 Å². The Balaban J connectivity index is 2.24. The Bertz CT molecular complexity index is 608. The van der Waals surface area contributed by atoms with Crippen LogP contribution in [0.4, 0.5) is 5.69 Å². The number of anilines is 1. The monoisotopic (exact) mass is 322 g/mol. The van der Waals surface area contributed by atoms with Gasteiger partial charge in [0, 0.05) is 25.3 Å². The highest BCUT2D eigenvalue weighted by molar-refractivity contribution is 6.10. The third kappa shape index (κ3) is 3.59. The summed E-state index contributed by atoms with van der Waals surface area (Å²) in [5.41, 5.74) is 0.471. The smallest absolute Gasteiger partial charge is 0.255 e. The summed E-state index contributed by atoms with van der Waals surface area (Å²) in [5.74, 6) is -0.374. The van der Waals surface area contributed by atoms with Gasteiger partial charge in [0.15, 0.2) is 0 Å². The standard InChI is InChI=1S/C15H18N2O6/c1-21-9-15(20)17-8-13(18)16(7-14(17)19)10-4-11(22-2)6-12(5-10)23-3/h4-6H,7-9H2,1-3H3. The van der Waals surface area contributed by atoms with Gasteiger partial charge in [0.25, 0.3) is 5.91 Å². The first-order valence-electron chi connectivity index (χ1n) is 6.85. The number of hydrogen-bond acceptors (Lipinski definition) is 6. The molecule has 1 aromatic rings. The van der Waals surface area contributed by atoms with Crippen molar-refractivity contribution in [1.29, 1.82) is 0 Å². The van der Waals surface area contributed by atoms with Crippen LogP contribution in [0.2, 0.25) is 0 Å². The minimum atomic E-state index is -0.534. The zero-order valence-corrected chi connectivity index (χ0v) is 13.2. The third-order valence-corrected chi connectivity index (χ3v) is 3.41. The summed E-state index contributed by atoms with van der Waals surface area (Å²) in [6.07, 6.45) is 0. The molecule has 8 nitrogen and oxygen atoms in total. The molecule has 0 saturated carbocycles. The van der Waals surface area contributed by atoms with Gasteiger partial charge in [-0.3, -0.25) is 19.3 Å². The fraction of sp³-hybridized carbons (Fsp3) is 0.400. The Morgan fingerprint density at radius 1 is 1.00 bits per heavy atom. The van der Waals surface area contributed by atoms with E-state index in [4.69, 9.17) is 14.2 Å². The normalized spacial score (nSPS) is 14.9. The van der Waals surface area contributed by atoms with Gasteiger partial charge in [-0.1, -0.05) is 0 Å². The van der Waals surface area contributed by atoms with Gasteiger partial charge in [-0.25, -0.2) is 0 Å². The fourth-order valence-electron chi connectivity index (χ4n) is 2.23. The van der Waals surface area contributed by atoms with E-state index in [9.17, 15) is 14.4 Å². The highest BCUT2D eigenvalue weighted by Gasteiger charge is 2.34. The van der Waals surface area contributed by atoms with Crippen molar-refractivity contribution in [3.05, 3.63) is 18.2 Å². The molecule has 0 spiro atoms. The number of carbonyl (C=O) groups is 3. The zero-order valence-electron chi connectivity index (χ0n) is 13.2. The Labute approximate surface area is 133 Å². The number of hydrogen-bond donors (Lipinski definition) is 0. The van der Waals surface area contributed by atoms with Crippen molar-refractivity contribution < 1.29 is 28.6 Å². The Hall–Kier alpha value is -2.61. The van der Waals surface area contributed by atoms with Crippen molar-refractivity contribution in [3.8, 4) is 11.5 Å². The van der Waals surface area contributed by atoms with E-state index in [1.165, 1.54) is 26.2 Å². The largest absolute Gasteiger partial charge is 0.497 e. The molecule has 0 radical (unpaired) electrons. The maximum atomic E-state index is 12.3. The van der Waals surface area contributed by atoms with E-state index in [1.54, 1.807) is 18.2 Å². The molecule has 3 amide bonds. The average molecular weight is 322 g/mol. The van der Waals surface area contributed by atoms with Crippen molar-refractivity contribution in [2.24, 2.45) is 0 Å². The SMILES string of the molecule is COCC(=O)N1CC(=O)N(c2cc(OC)cc(OC)c2)CC1=O. The van der Waals surface area contributed by atoms with Gasteiger partial charge in [0.1, 0.15) is 31.2 Å². The van der Waals surface area contributed by atoms with E-state index in [0.29, 0.717) is 17.2 Å². The fourth-order valence-corrected chi connectivity index (χ4v) is 2.23. The summed E-state index contributed by atoms with van der Waals surface area (Å²) in [6.45, 7) is -0.794. The second-order valence-electron chi connectivity index (χ2n) is 4.86. The highest BCUT2D eigenvalue weighted by atomic mass is 16.5. The van der Waals surface area contributed by atoms with Crippen LogP contribution in [0.1, 0.15) is 0 Å². The van der Waals surface area contributed by atoms with Gasteiger partial charge in [0.05, 0.1) is 19.9 Å². The van der Waals surface area contributed by atoms with E-state index in [-0.39, 0.29) is 25.6 Å². The van der Waals surface area contributed by atoms with E-state index in [1.807, 2.05) is 0 Å². The van der Waals surface area contributed by atoms with Crippen LogP contribution in [0.3, 0.4) is 0 Å². The molecule has 1 fully saturated rings. The summed E-state index contributed by atoms with van der Waals surface area (Å²) in [6, 6.07) is 4.91. The second kappa shape index (κ2) is 7.10. The first-order valence-corrected chi connectivity index (χ1v) is 6.85. The molecule has 0 aromatic heterocycles. The lowest BCUT2D eigenvalue weighted by molar-refractivity contribution is -0.151. The number of methoxy groups -OCH3 is 3. The van der Waals surface area contributed by atoms with Gasteiger partial charge < -0.3 is 19.1 Å². The molecule has 23 heavy (non-hydrogen) atoms. The molecular formula is C15H18N2O6. The summed E-state index contributed by atoms with van der Waals surface area (Å²) >= 11 is 0. The number of imide groups is 1. The first-order chi connectivity index (χ1) is 11.0. The van der Waals surface area contributed by atoms with Gasteiger partial charge in [0.2, 0.25) is 11.8 Å². The first kappa shape index (κ1) is 16.8. The number of carbonyl (C=O) groups excluding carboxylic acids is 3. The predicted molar refractivity (Wildman–Crippen MR) is 80.5 cm³/mol. The molecule has 124 valence electrons. The highest BCUT2D eigenvalue weighted by Crippen LogP contribution is 2.29. The number of ether oxygens (including phenoxy) is 3. The minimum Gasteiger partial charge on any atom is -0.497 e. The summed E-state index contributed by atoms with van der Waals surface area (Å²) in [5, 5.41) is 0. The number of piperazine rings is 1. The van der Waals surface area contributed by atoms with Gasteiger partial charge in [-0.2, -0.15) is 0 Å². The predicted octanol–water partition coefficient (Wildman–Crippen LogP) is 0.0520. The van der Waals surface area contributed by atoms with E-state index < -0.39 is 11.8 Å². The lowest BCUT2D eigenvalue weighted by Crippen LogP contribution is -2.56. The third-order valence-electron chi connectivity index (χ3n) is 3.41. The molecule has 1 aliphatic heterocycles. The molecule has 1 aliphatic rings. The average Bonchev–Trinajstić information content (AvgIpc) is 2.56. The maximum absolute atomic E-state index is 12.3. The maximum Gasteiger partial charge on any atom is 0.255 e. The summed E-state index contributed by atoms with van der Waals surface area (Å²) in [7, 11) is 4.34. The summed E-state index contributed by atoms with van der Waals surface area (Å²) in [4.78, 5) is 38.4. The number of benzene rings is 1. The van der Waals surface area contributed by atoms with Crippen LogP contribution in [-0.4, -0.2) is 63.6 Å². The van der Waals surface area contributed by atoms with Gasteiger partial charge in [-0.15, -0.1) is 0 Å². The summed E-state index contributed by atoms with van der Waals surface area (Å²) < 4.78 is 15.0. The molecule has 0 N–H and O–H groups in total. The van der Waals surface area contributed by atoms with Crippen molar-refractivity contribution in [2.45, 2.75) is 0 Å². The Morgan fingerprint density at radius 3 is 2.13 bits per heavy atom. The van der Waals surface area contributed by atoms with Crippen molar-refractivity contribution in [3.63, 3.8) is 0 Å².